The van der Waals surface area contributed by atoms with E-state index in [1.807, 2.05) is 26.8 Å². The first-order valence-corrected chi connectivity index (χ1v) is 7.42. The lowest BCUT2D eigenvalue weighted by Gasteiger charge is -2.19. The van der Waals surface area contributed by atoms with Crippen molar-refractivity contribution in [1.82, 2.24) is 9.55 Å². The summed E-state index contributed by atoms with van der Waals surface area (Å²) in [5.41, 5.74) is -0.0456. The largest absolute Gasteiger partial charge is 0.460 e. The van der Waals surface area contributed by atoms with Gasteiger partial charge in [0.25, 0.3) is 5.56 Å². The van der Waals surface area contributed by atoms with Crippen molar-refractivity contribution in [3.05, 3.63) is 39.4 Å². The molecule has 6 heteroatoms. The van der Waals surface area contributed by atoms with Gasteiger partial charge in [0.2, 0.25) is 0 Å². The van der Waals surface area contributed by atoms with E-state index in [1.165, 1.54) is 10.9 Å². The van der Waals surface area contributed by atoms with E-state index in [9.17, 15) is 9.59 Å². The summed E-state index contributed by atoms with van der Waals surface area (Å²) in [5, 5.41) is 0.524. The van der Waals surface area contributed by atoms with Crippen molar-refractivity contribution < 1.29 is 9.53 Å². The molecule has 0 saturated heterocycles. The molecule has 0 aliphatic rings. The van der Waals surface area contributed by atoms with Crippen molar-refractivity contribution in [3.8, 4) is 0 Å². The Hall–Kier alpha value is -1.69. The average molecular weight is 353 g/mol. The van der Waals surface area contributed by atoms with Gasteiger partial charge in [-0.05, 0) is 39.0 Å². The summed E-state index contributed by atoms with van der Waals surface area (Å²) < 4.78 is 7.47. The minimum absolute atomic E-state index is 0.137. The van der Waals surface area contributed by atoms with Crippen LogP contribution in [0.5, 0.6) is 0 Å². The SMILES string of the molecule is CC(C)(C)OC(=O)CCn1cnc2ccc(Br)cc2c1=O. The molecule has 0 N–H and O–H groups in total. The maximum atomic E-state index is 12.3. The van der Waals surface area contributed by atoms with E-state index in [-0.39, 0.29) is 24.5 Å². The second-order valence-electron chi connectivity index (χ2n) is 5.74. The highest BCUT2D eigenvalue weighted by Crippen LogP contribution is 2.15. The quantitative estimate of drug-likeness (QED) is 0.796. The third-order valence-corrected chi connectivity index (χ3v) is 3.26. The standard InChI is InChI=1S/C15H17BrN2O3/c1-15(2,3)21-13(19)6-7-18-9-17-12-5-4-10(16)8-11(12)14(18)20/h4-5,8-9H,6-7H2,1-3H3. The van der Waals surface area contributed by atoms with E-state index in [1.54, 1.807) is 12.1 Å². The molecule has 0 spiro atoms. The molecule has 0 amide bonds. The first kappa shape index (κ1) is 15.7. The lowest BCUT2D eigenvalue weighted by molar-refractivity contribution is -0.155. The topological polar surface area (TPSA) is 61.2 Å². The van der Waals surface area contributed by atoms with E-state index in [0.717, 1.165) is 4.47 Å². The Labute approximate surface area is 131 Å². The Morgan fingerprint density at radius 1 is 1.38 bits per heavy atom. The van der Waals surface area contributed by atoms with Crippen molar-refractivity contribution in [2.75, 3.05) is 0 Å². The van der Waals surface area contributed by atoms with Gasteiger partial charge in [-0.25, -0.2) is 4.98 Å². The summed E-state index contributed by atoms with van der Waals surface area (Å²) in [6, 6.07) is 5.34. The smallest absolute Gasteiger partial charge is 0.308 e. The molecule has 21 heavy (non-hydrogen) atoms. The maximum Gasteiger partial charge on any atom is 0.308 e. The van der Waals surface area contributed by atoms with Crippen molar-refractivity contribution in [2.24, 2.45) is 0 Å². The molecule has 1 heterocycles. The fourth-order valence-electron chi connectivity index (χ4n) is 1.89. The molecule has 2 rings (SSSR count). The lowest BCUT2D eigenvalue weighted by atomic mass is 10.2. The summed E-state index contributed by atoms with van der Waals surface area (Å²) in [6.45, 7) is 5.69. The third kappa shape index (κ3) is 4.14. The summed E-state index contributed by atoms with van der Waals surface area (Å²) in [6.07, 6.45) is 1.60. The molecule has 0 unspecified atom stereocenters. The van der Waals surface area contributed by atoms with E-state index < -0.39 is 5.60 Å². The summed E-state index contributed by atoms with van der Waals surface area (Å²) >= 11 is 3.34. The number of rotatable bonds is 3. The van der Waals surface area contributed by atoms with Crippen molar-refractivity contribution in [1.29, 1.82) is 0 Å². The monoisotopic (exact) mass is 352 g/mol. The number of nitrogens with zero attached hydrogens (tertiary/aromatic N) is 2. The molecule has 0 radical (unpaired) electrons. The first-order valence-electron chi connectivity index (χ1n) is 6.63. The second kappa shape index (κ2) is 5.97. The molecule has 0 fully saturated rings. The van der Waals surface area contributed by atoms with Gasteiger partial charge in [0.1, 0.15) is 5.60 Å². The van der Waals surface area contributed by atoms with Crippen LogP contribution in [0, 0.1) is 0 Å². The van der Waals surface area contributed by atoms with Crippen LogP contribution in [0.15, 0.2) is 33.8 Å². The van der Waals surface area contributed by atoms with Crippen LogP contribution in [0.1, 0.15) is 27.2 Å². The predicted octanol–water partition coefficient (Wildman–Crippen LogP) is 2.89. The molecule has 0 aliphatic carbocycles. The Morgan fingerprint density at radius 2 is 2.10 bits per heavy atom. The number of carbonyl (C=O) groups excluding carboxylic acids is 1. The molecule has 0 bridgehead atoms. The highest BCUT2D eigenvalue weighted by molar-refractivity contribution is 9.10. The van der Waals surface area contributed by atoms with Crippen LogP contribution in [0.4, 0.5) is 0 Å². The van der Waals surface area contributed by atoms with Gasteiger partial charge in [-0.15, -0.1) is 0 Å². The van der Waals surface area contributed by atoms with Crippen LogP contribution >= 0.6 is 15.9 Å². The van der Waals surface area contributed by atoms with Crippen molar-refractivity contribution >= 4 is 32.8 Å². The van der Waals surface area contributed by atoms with Gasteiger partial charge in [-0.2, -0.15) is 0 Å². The minimum atomic E-state index is -0.519. The van der Waals surface area contributed by atoms with Gasteiger partial charge in [-0.3, -0.25) is 14.2 Å². The number of fused-ring (bicyclic) bond motifs is 1. The van der Waals surface area contributed by atoms with Crippen LogP contribution in [0.2, 0.25) is 0 Å². The summed E-state index contributed by atoms with van der Waals surface area (Å²) in [5.74, 6) is -0.330. The predicted molar refractivity (Wildman–Crippen MR) is 84.2 cm³/mol. The summed E-state index contributed by atoms with van der Waals surface area (Å²) in [7, 11) is 0. The van der Waals surface area contributed by atoms with Gasteiger partial charge in [0, 0.05) is 11.0 Å². The lowest BCUT2D eigenvalue weighted by Crippen LogP contribution is -2.26. The molecule has 5 nitrogen and oxygen atoms in total. The zero-order valence-corrected chi connectivity index (χ0v) is 13.8. The molecule has 1 aromatic heterocycles. The van der Waals surface area contributed by atoms with Gasteiger partial charge in [-0.1, -0.05) is 15.9 Å². The number of carbonyl (C=O) groups is 1. The molecule has 0 saturated carbocycles. The molecule has 112 valence electrons. The number of benzene rings is 1. The van der Waals surface area contributed by atoms with E-state index in [0.29, 0.717) is 10.9 Å². The summed E-state index contributed by atoms with van der Waals surface area (Å²) in [4.78, 5) is 28.2. The van der Waals surface area contributed by atoms with Crippen LogP contribution in [-0.2, 0) is 16.1 Å². The van der Waals surface area contributed by atoms with Gasteiger partial charge >= 0.3 is 5.97 Å². The molecule has 2 aromatic rings. The van der Waals surface area contributed by atoms with E-state index in [2.05, 4.69) is 20.9 Å². The zero-order chi connectivity index (χ0) is 15.6. The van der Waals surface area contributed by atoms with Crippen LogP contribution in [-0.4, -0.2) is 21.1 Å². The van der Waals surface area contributed by atoms with Crippen LogP contribution in [0.3, 0.4) is 0 Å². The number of halogens is 1. The van der Waals surface area contributed by atoms with Gasteiger partial charge in [0.05, 0.1) is 23.7 Å². The molecule has 0 atom stereocenters. The van der Waals surface area contributed by atoms with E-state index >= 15 is 0 Å². The number of hydrogen-bond acceptors (Lipinski definition) is 4. The minimum Gasteiger partial charge on any atom is -0.460 e. The Morgan fingerprint density at radius 3 is 2.76 bits per heavy atom. The molecular formula is C15H17BrN2O3. The fourth-order valence-corrected chi connectivity index (χ4v) is 2.26. The zero-order valence-electron chi connectivity index (χ0n) is 12.2. The second-order valence-corrected chi connectivity index (χ2v) is 6.66. The molecular weight excluding hydrogens is 336 g/mol. The highest BCUT2D eigenvalue weighted by atomic mass is 79.9. The number of ether oxygens (including phenoxy) is 1. The normalized spacial score (nSPS) is 11.6. The highest BCUT2D eigenvalue weighted by Gasteiger charge is 2.16. The third-order valence-electron chi connectivity index (χ3n) is 2.76. The van der Waals surface area contributed by atoms with Crippen molar-refractivity contribution in [2.45, 2.75) is 39.3 Å². The van der Waals surface area contributed by atoms with Crippen molar-refractivity contribution in [3.63, 3.8) is 0 Å². The Kier molecular flexibility index (Phi) is 4.46. The first-order chi connectivity index (χ1) is 9.76. The van der Waals surface area contributed by atoms with Crippen LogP contribution < -0.4 is 5.56 Å². The Balaban J connectivity index is 2.18. The molecule has 1 aromatic carbocycles. The maximum absolute atomic E-state index is 12.3. The van der Waals surface area contributed by atoms with Crippen LogP contribution in [0.25, 0.3) is 10.9 Å². The van der Waals surface area contributed by atoms with E-state index in [4.69, 9.17) is 4.74 Å². The fraction of sp³-hybridized carbons (Fsp3) is 0.400. The Bertz CT molecular complexity index is 732. The number of aryl methyl sites for hydroxylation is 1. The average Bonchev–Trinajstić information content (AvgIpc) is 2.36. The molecule has 0 aliphatic heterocycles. The van der Waals surface area contributed by atoms with Gasteiger partial charge in [0.15, 0.2) is 0 Å². The number of esters is 1. The number of aromatic nitrogens is 2. The van der Waals surface area contributed by atoms with Gasteiger partial charge < -0.3 is 4.74 Å². The number of hydrogen-bond donors (Lipinski definition) is 0.